The number of nitro benzene ring substituents is 1. The lowest BCUT2D eigenvalue weighted by molar-refractivity contribution is -0.385. The number of sulfone groups is 1. The number of anilines is 1. The number of aryl methyl sites for hydroxylation is 1. The second kappa shape index (κ2) is 15.8. The largest absolute Gasteiger partial charge is 0.455 e. The van der Waals surface area contributed by atoms with Crippen LogP contribution in [0.3, 0.4) is 0 Å². The van der Waals surface area contributed by atoms with Crippen LogP contribution in [0, 0.1) is 26.4 Å². The van der Waals surface area contributed by atoms with Crippen LogP contribution in [-0.4, -0.2) is 103 Å². The lowest BCUT2D eigenvalue weighted by Gasteiger charge is -2.72. The smallest absolute Gasteiger partial charge is 0.273 e. The topological polar surface area (TPSA) is 142 Å². The molecular formula is C48H59FN6O6S. The molecule has 1 N–H and O–H groups in total. The number of piperidine rings is 1. The Morgan fingerprint density at radius 2 is 1.71 bits per heavy atom. The molecule has 14 heteroatoms. The molecule has 330 valence electrons. The van der Waals surface area contributed by atoms with Crippen LogP contribution in [0.4, 0.5) is 15.8 Å². The van der Waals surface area contributed by atoms with E-state index < -0.39 is 37.7 Å². The van der Waals surface area contributed by atoms with E-state index >= 15 is 4.39 Å². The van der Waals surface area contributed by atoms with E-state index in [0.717, 1.165) is 49.9 Å². The Balaban J connectivity index is 0.920. The van der Waals surface area contributed by atoms with Crippen LogP contribution in [0.15, 0.2) is 77.0 Å². The van der Waals surface area contributed by atoms with Crippen molar-refractivity contribution in [1.82, 2.24) is 19.8 Å². The number of nitro groups is 1. The third kappa shape index (κ3) is 8.54. The SMILES string of the molecule is CN1CCC(F)(CCc2ccc(S(=O)(=O)CC(=O)c3ccc(N4CCN(CC5=C(C67CC(C)(C6)C7)CC(C)(C)CC5)CC4)cc3Oc3cnc4[nH]ccc4c3)cc2[N+](=O)[O-])CC1. The number of rotatable bonds is 14. The van der Waals surface area contributed by atoms with E-state index in [-0.39, 0.29) is 34.6 Å². The van der Waals surface area contributed by atoms with Crippen molar-refractivity contribution >= 4 is 38.0 Å². The Hall–Kier alpha value is -4.66. The number of alkyl halides is 1. The third-order valence-electron chi connectivity index (χ3n) is 14.8. The Bertz CT molecular complexity index is 2530. The summed E-state index contributed by atoms with van der Waals surface area (Å²) in [5, 5.41) is 13.0. The highest BCUT2D eigenvalue weighted by Crippen LogP contribution is 2.77. The van der Waals surface area contributed by atoms with Crippen molar-refractivity contribution in [2.24, 2.45) is 16.2 Å². The number of hydrogen-bond donors (Lipinski definition) is 1. The molecule has 4 aromatic rings. The maximum Gasteiger partial charge on any atom is 0.273 e. The van der Waals surface area contributed by atoms with Crippen LogP contribution in [0.1, 0.15) is 94.5 Å². The molecule has 4 aliphatic carbocycles. The number of aromatic amines is 1. The Kier molecular flexibility index (Phi) is 10.9. The first-order chi connectivity index (χ1) is 29.4. The highest BCUT2D eigenvalue weighted by atomic mass is 32.2. The van der Waals surface area contributed by atoms with E-state index in [2.05, 4.69) is 40.5 Å². The number of hydrogen-bond acceptors (Lipinski definition) is 10. The van der Waals surface area contributed by atoms with Crippen LogP contribution in [-0.2, 0) is 16.3 Å². The second-order valence-electron chi connectivity index (χ2n) is 20.4. The number of ether oxygens (including phenoxy) is 1. The summed E-state index contributed by atoms with van der Waals surface area (Å²) >= 11 is 0. The molecule has 0 unspecified atom stereocenters. The van der Waals surface area contributed by atoms with Crippen molar-refractivity contribution < 1.29 is 27.3 Å². The molecule has 2 aromatic carbocycles. The number of pyridine rings is 1. The van der Waals surface area contributed by atoms with Crippen LogP contribution >= 0.6 is 0 Å². The van der Waals surface area contributed by atoms with E-state index in [0.29, 0.717) is 53.6 Å². The van der Waals surface area contributed by atoms with Gasteiger partial charge in [-0.2, -0.15) is 0 Å². The van der Waals surface area contributed by atoms with Gasteiger partial charge >= 0.3 is 0 Å². The fourth-order valence-corrected chi connectivity index (χ4v) is 12.6. The maximum absolute atomic E-state index is 15.5. The first-order valence-electron chi connectivity index (χ1n) is 22.2. The Morgan fingerprint density at radius 3 is 2.42 bits per heavy atom. The van der Waals surface area contributed by atoms with Gasteiger partial charge in [0.25, 0.3) is 5.69 Å². The van der Waals surface area contributed by atoms with Crippen molar-refractivity contribution in [2.75, 3.05) is 63.5 Å². The number of H-pyrrole nitrogens is 1. The van der Waals surface area contributed by atoms with Crippen LogP contribution in [0.25, 0.3) is 11.0 Å². The summed E-state index contributed by atoms with van der Waals surface area (Å²) in [6.45, 7) is 12.9. The Labute approximate surface area is 364 Å². The first kappa shape index (κ1) is 42.6. The van der Waals surface area contributed by atoms with Crippen LogP contribution in [0.2, 0.25) is 0 Å². The molecule has 12 nitrogen and oxygen atoms in total. The van der Waals surface area contributed by atoms with Gasteiger partial charge in [0.05, 0.1) is 21.6 Å². The number of benzene rings is 2. The van der Waals surface area contributed by atoms with Crippen molar-refractivity contribution in [3.05, 3.63) is 93.3 Å². The standard InChI is InChI=1S/C48H59FN6O6S/c1-45(2)12-9-35(40(26-45)47-30-46(3,31-47)32-47)28-53-19-21-54(22-20-53)36-6-8-39(43(24-36)61-37-23-34-11-16-50-44(34)51-27-37)42(56)29-62(59,60)38-7-5-33(41(25-38)55(57)58)10-13-48(49)14-17-52(4)18-15-48/h5-8,11,16,23-25,27H,9-10,12-15,17-22,26,28-32H2,1-4H3,(H,50,51). The van der Waals surface area contributed by atoms with Gasteiger partial charge in [-0.3, -0.25) is 19.8 Å². The molecule has 0 radical (unpaired) electrons. The summed E-state index contributed by atoms with van der Waals surface area (Å²) < 4.78 is 49.5. The third-order valence-corrected chi connectivity index (χ3v) is 16.4. The van der Waals surface area contributed by atoms with Crippen LogP contribution in [0.5, 0.6) is 11.5 Å². The van der Waals surface area contributed by atoms with Gasteiger partial charge in [0.1, 0.15) is 28.6 Å². The number of aromatic nitrogens is 2. The van der Waals surface area contributed by atoms with E-state index in [1.807, 2.05) is 24.1 Å². The number of fused-ring (bicyclic) bond motifs is 1. The average Bonchev–Trinajstić information content (AvgIpc) is 3.68. The lowest BCUT2D eigenvalue weighted by atomic mass is 9.33. The predicted molar refractivity (Wildman–Crippen MR) is 239 cm³/mol. The van der Waals surface area contributed by atoms with Gasteiger partial charge in [-0.15, -0.1) is 0 Å². The van der Waals surface area contributed by atoms with Gasteiger partial charge in [0, 0.05) is 80.8 Å². The van der Waals surface area contributed by atoms with Crippen molar-refractivity contribution in [2.45, 2.75) is 95.5 Å². The highest BCUT2D eigenvalue weighted by Gasteiger charge is 2.66. The molecule has 5 fully saturated rings. The van der Waals surface area contributed by atoms with E-state index in [4.69, 9.17) is 4.74 Å². The highest BCUT2D eigenvalue weighted by molar-refractivity contribution is 7.92. The van der Waals surface area contributed by atoms with Gasteiger partial charge in [-0.25, -0.2) is 17.8 Å². The molecule has 10 rings (SSSR count). The number of piperazine rings is 1. The van der Waals surface area contributed by atoms with Gasteiger partial charge in [-0.1, -0.05) is 38.0 Å². The van der Waals surface area contributed by atoms with Crippen molar-refractivity contribution in [1.29, 1.82) is 0 Å². The maximum atomic E-state index is 15.5. The molecule has 2 aromatic heterocycles. The second-order valence-corrected chi connectivity index (χ2v) is 22.4. The quantitative estimate of drug-likeness (QED) is 0.0565. The molecule has 4 heterocycles. The number of halogens is 1. The number of allylic oxidation sites excluding steroid dienone is 1. The molecule has 2 saturated heterocycles. The fourth-order valence-electron chi connectivity index (χ4n) is 11.3. The molecule has 62 heavy (non-hydrogen) atoms. The molecule has 0 spiro atoms. The van der Waals surface area contributed by atoms with Gasteiger partial charge < -0.3 is 19.5 Å². The molecule has 3 saturated carbocycles. The number of nitrogens with one attached hydrogen (secondary N) is 1. The van der Waals surface area contributed by atoms with Crippen molar-refractivity contribution in [3.8, 4) is 11.5 Å². The number of nitrogens with zero attached hydrogens (tertiary/aromatic N) is 5. The molecule has 0 atom stereocenters. The summed E-state index contributed by atoms with van der Waals surface area (Å²) in [4.78, 5) is 39.7. The minimum Gasteiger partial charge on any atom is -0.455 e. The molecule has 6 aliphatic rings. The number of carbonyl (C=O) groups excluding carboxylic acids is 1. The van der Waals surface area contributed by atoms with Gasteiger partial charge in [0.2, 0.25) is 0 Å². The van der Waals surface area contributed by atoms with E-state index in [1.165, 1.54) is 50.7 Å². The molecule has 0 amide bonds. The zero-order chi connectivity index (χ0) is 43.7. The van der Waals surface area contributed by atoms with Gasteiger partial charge in [-0.05, 0) is 118 Å². The van der Waals surface area contributed by atoms with Gasteiger partial charge in [0.15, 0.2) is 15.6 Å². The molecule has 2 aliphatic heterocycles. The summed E-state index contributed by atoms with van der Waals surface area (Å²) in [5.41, 5.74) is 4.84. The zero-order valence-corrected chi connectivity index (χ0v) is 37.3. The Morgan fingerprint density at radius 1 is 0.968 bits per heavy atom. The average molecular weight is 867 g/mol. The number of Topliss-reactive ketones (excluding diaryl/α,β-unsaturated/α-hetero) is 1. The molecule has 2 bridgehead atoms. The normalized spacial score (nSPS) is 25.0. The monoisotopic (exact) mass is 866 g/mol. The summed E-state index contributed by atoms with van der Waals surface area (Å²) in [7, 11) is -2.40. The summed E-state index contributed by atoms with van der Waals surface area (Å²) in [5.74, 6) is -1.05. The molecular weight excluding hydrogens is 808 g/mol. The van der Waals surface area contributed by atoms with Crippen LogP contribution < -0.4 is 9.64 Å². The van der Waals surface area contributed by atoms with Crippen molar-refractivity contribution in [3.63, 3.8) is 0 Å². The predicted octanol–water partition coefficient (Wildman–Crippen LogP) is 9.11. The first-order valence-corrected chi connectivity index (χ1v) is 23.9. The number of ketones is 1. The number of likely N-dealkylation sites (tertiary alicyclic amines) is 1. The zero-order valence-electron chi connectivity index (χ0n) is 36.5. The van der Waals surface area contributed by atoms with E-state index in [9.17, 15) is 23.3 Å². The minimum atomic E-state index is -4.34. The van der Waals surface area contributed by atoms with E-state index in [1.54, 1.807) is 41.7 Å². The number of carbonyl (C=O) groups is 1. The fraction of sp³-hybridized carbons (Fsp3) is 0.542. The lowest BCUT2D eigenvalue weighted by Crippen LogP contribution is -2.61. The summed E-state index contributed by atoms with van der Waals surface area (Å²) in [6, 6.07) is 12.6. The minimum absolute atomic E-state index is 0.0739. The summed E-state index contributed by atoms with van der Waals surface area (Å²) in [6.07, 6.45) is 11.9.